The van der Waals surface area contributed by atoms with E-state index < -0.39 is 16.1 Å². The molecule has 1 aromatic heterocycles. The number of benzene rings is 2. The normalized spacial score (nSPS) is 15.2. The molecule has 7 nitrogen and oxygen atoms in total. The molecule has 3 aromatic rings. The molecule has 0 saturated carbocycles. The van der Waals surface area contributed by atoms with Crippen LogP contribution in [-0.2, 0) is 11.3 Å². The number of hydrogen-bond donors (Lipinski definition) is 0. The number of rotatable bonds is 5. The molecule has 0 bridgehead atoms. The molecule has 0 unspecified atom stereocenters. The summed E-state index contributed by atoms with van der Waals surface area (Å²) in [6, 6.07) is 14.3. The maximum Gasteiger partial charge on any atom is 0.293 e. The van der Waals surface area contributed by atoms with Crippen LogP contribution in [0.5, 0.6) is 0 Å². The van der Waals surface area contributed by atoms with Crippen LogP contribution in [0.25, 0.3) is 17.4 Å². The molecule has 1 fully saturated rings. The topological polar surface area (TPSA) is 93.7 Å². The van der Waals surface area contributed by atoms with Crippen LogP contribution >= 0.6 is 35.0 Å². The van der Waals surface area contributed by atoms with Crippen LogP contribution in [0.4, 0.5) is 10.5 Å². The van der Waals surface area contributed by atoms with Crippen LogP contribution in [-0.4, -0.2) is 21.0 Å². The Kier molecular flexibility index (Phi) is 5.86. The van der Waals surface area contributed by atoms with Crippen LogP contribution in [0, 0.1) is 10.1 Å². The van der Waals surface area contributed by atoms with Crippen molar-refractivity contribution in [1.82, 2.24) is 4.90 Å². The van der Waals surface area contributed by atoms with Gasteiger partial charge < -0.3 is 4.42 Å². The van der Waals surface area contributed by atoms with Crippen LogP contribution in [0.15, 0.2) is 63.9 Å². The largest absolute Gasteiger partial charge is 0.456 e. The van der Waals surface area contributed by atoms with Crippen molar-refractivity contribution in [2.45, 2.75) is 6.54 Å². The third-order valence-corrected chi connectivity index (χ3v) is 5.80. The zero-order valence-corrected chi connectivity index (χ0v) is 17.9. The lowest BCUT2D eigenvalue weighted by Crippen LogP contribution is -2.27. The van der Waals surface area contributed by atoms with Crippen molar-refractivity contribution in [2.75, 3.05) is 0 Å². The molecule has 2 heterocycles. The molecule has 0 N–H and O–H groups in total. The predicted molar refractivity (Wildman–Crippen MR) is 119 cm³/mol. The van der Waals surface area contributed by atoms with Crippen LogP contribution in [0.2, 0.25) is 10.0 Å². The number of halogens is 2. The van der Waals surface area contributed by atoms with Gasteiger partial charge in [-0.15, -0.1) is 0 Å². The van der Waals surface area contributed by atoms with Crippen LogP contribution in [0.3, 0.4) is 0 Å². The minimum Gasteiger partial charge on any atom is -0.456 e. The summed E-state index contributed by atoms with van der Waals surface area (Å²) >= 11 is 12.6. The lowest BCUT2D eigenvalue weighted by atomic mass is 10.1. The summed E-state index contributed by atoms with van der Waals surface area (Å²) in [6.45, 7) is 0.100. The third-order valence-electron chi connectivity index (χ3n) is 4.43. The second-order valence-corrected chi connectivity index (χ2v) is 8.38. The summed E-state index contributed by atoms with van der Waals surface area (Å²) in [5, 5.41) is 11.7. The fourth-order valence-electron chi connectivity index (χ4n) is 3.02. The molecule has 1 saturated heterocycles. The SMILES string of the molecule is O=C1S/C(=C\c2ccc(-c3ccc(Cl)cc3[N+](=O)[O-])o2)C(=O)N1Cc1cccc(Cl)c1. The molecule has 0 spiro atoms. The molecule has 10 heteroatoms. The predicted octanol–water partition coefficient (Wildman–Crippen LogP) is 6.40. The molecule has 2 amide bonds. The van der Waals surface area contributed by atoms with Gasteiger partial charge in [-0.3, -0.25) is 24.6 Å². The molecule has 2 aromatic carbocycles. The quantitative estimate of drug-likeness (QED) is 0.241. The van der Waals surface area contributed by atoms with Crippen molar-refractivity contribution < 1.29 is 18.9 Å². The first kappa shape index (κ1) is 21.2. The Balaban J connectivity index is 1.58. The molecule has 1 aliphatic heterocycles. The molecule has 4 rings (SSSR count). The number of nitro benzene ring substituents is 1. The van der Waals surface area contributed by atoms with Gasteiger partial charge in [0.25, 0.3) is 16.8 Å². The smallest absolute Gasteiger partial charge is 0.293 e. The molecule has 0 atom stereocenters. The first-order valence-electron chi connectivity index (χ1n) is 8.86. The van der Waals surface area contributed by atoms with Gasteiger partial charge in [0.15, 0.2) is 0 Å². The molecule has 156 valence electrons. The Bertz CT molecular complexity index is 1250. The van der Waals surface area contributed by atoms with E-state index in [4.69, 9.17) is 27.6 Å². The van der Waals surface area contributed by atoms with E-state index in [0.29, 0.717) is 5.02 Å². The number of nitrogens with zero attached hydrogens (tertiary/aromatic N) is 2. The summed E-state index contributed by atoms with van der Waals surface area (Å²) < 4.78 is 5.68. The van der Waals surface area contributed by atoms with E-state index in [1.807, 2.05) is 0 Å². The van der Waals surface area contributed by atoms with Gasteiger partial charge in [0.05, 0.1) is 21.9 Å². The van der Waals surface area contributed by atoms with Gasteiger partial charge in [-0.1, -0.05) is 35.3 Å². The van der Waals surface area contributed by atoms with E-state index in [0.717, 1.165) is 22.2 Å². The Morgan fingerprint density at radius 2 is 1.84 bits per heavy atom. The Morgan fingerprint density at radius 3 is 2.58 bits per heavy atom. The highest BCUT2D eigenvalue weighted by Crippen LogP contribution is 2.36. The second-order valence-electron chi connectivity index (χ2n) is 6.52. The minimum atomic E-state index is -0.551. The summed E-state index contributed by atoms with van der Waals surface area (Å²) in [4.78, 5) is 37.1. The first-order chi connectivity index (χ1) is 14.8. The number of nitro groups is 1. The molecule has 1 aliphatic rings. The Morgan fingerprint density at radius 1 is 1.06 bits per heavy atom. The number of carbonyl (C=O) groups excluding carboxylic acids is 2. The number of carbonyl (C=O) groups is 2. The zero-order chi connectivity index (χ0) is 22.1. The monoisotopic (exact) mass is 474 g/mol. The van der Waals surface area contributed by atoms with Crippen molar-refractivity contribution in [1.29, 1.82) is 0 Å². The highest BCUT2D eigenvalue weighted by atomic mass is 35.5. The number of furan rings is 1. The fraction of sp³-hybridized carbons (Fsp3) is 0.0476. The van der Waals surface area contributed by atoms with Gasteiger partial charge in [-0.25, -0.2) is 0 Å². The van der Waals surface area contributed by atoms with Gasteiger partial charge in [0, 0.05) is 22.2 Å². The number of amides is 2. The highest BCUT2D eigenvalue weighted by molar-refractivity contribution is 8.18. The maximum absolute atomic E-state index is 12.7. The van der Waals surface area contributed by atoms with Gasteiger partial charge in [-0.2, -0.15) is 0 Å². The van der Waals surface area contributed by atoms with E-state index in [2.05, 4.69) is 0 Å². The standard InChI is InChI=1S/C21H12Cl2N2O5S/c22-13-3-1-2-12(8-13)11-24-20(26)19(31-21(24)27)10-15-5-7-18(30-15)16-6-4-14(23)9-17(16)25(28)29/h1-10H,11H2/b19-10-. The average Bonchev–Trinajstić information content (AvgIpc) is 3.28. The third kappa shape index (κ3) is 4.51. The van der Waals surface area contributed by atoms with Gasteiger partial charge in [0.2, 0.25) is 0 Å². The summed E-state index contributed by atoms with van der Waals surface area (Å²) in [5.74, 6) is 0.0747. The molecule has 0 aliphatic carbocycles. The van der Waals surface area contributed by atoms with Crippen molar-refractivity contribution in [3.63, 3.8) is 0 Å². The fourth-order valence-corrected chi connectivity index (χ4v) is 4.22. The number of imide groups is 1. The van der Waals surface area contributed by atoms with E-state index in [1.165, 1.54) is 24.3 Å². The van der Waals surface area contributed by atoms with E-state index >= 15 is 0 Å². The summed E-state index contributed by atoms with van der Waals surface area (Å²) in [5.41, 5.74) is 0.782. The van der Waals surface area contributed by atoms with Crippen molar-refractivity contribution in [2.24, 2.45) is 0 Å². The zero-order valence-electron chi connectivity index (χ0n) is 15.6. The van der Waals surface area contributed by atoms with Gasteiger partial charge in [-0.05, 0) is 53.7 Å². The van der Waals surface area contributed by atoms with Crippen LogP contribution in [0.1, 0.15) is 11.3 Å². The van der Waals surface area contributed by atoms with Crippen LogP contribution < -0.4 is 0 Å². The maximum atomic E-state index is 12.7. The van der Waals surface area contributed by atoms with Gasteiger partial charge >= 0.3 is 0 Å². The highest BCUT2D eigenvalue weighted by Gasteiger charge is 2.35. The molecular weight excluding hydrogens is 463 g/mol. The van der Waals surface area contributed by atoms with E-state index in [-0.39, 0.29) is 39.2 Å². The summed E-state index contributed by atoms with van der Waals surface area (Å²) in [7, 11) is 0. The molecule has 0 radical (unpaired) electrons. The summed E-state index contributed by atoms with van der Waals surface area (Å²) in [6.07, 6.45) is 1.44. The first-order valence-corrected chi connectivity index (χ1v) is 10.4. The van der Waals surface area contributed by atoms with E-state index in [9.17, 15) is 19.7 Å². The average molecular weight is 475 g/mol. The molecule has 31 heavy (non-hydrogen) atoms. The second kappa shape index (κ2) is 8.58. The van der Waals surface area contributed by atoms with Crippen molar-refractivity contribution in [3.8, 4) is 11.3 Å². The van der Waals surface area contributed by atoms with Gasteiger partial charge in [0.1, 0.15) is 11.5 Å². The van der Waals surface area contributed by atoms with E-state index in [1.54, 1.807) is 36.4 Å². The Hall–Kier alpha value is -3.07. The minimum absolute atomic E-state index is 0.100. The number of hydrogen-bond acceptors (Lipinski definition) is 6. The lowest BCUT2D eigenvalue weighted by molar-refractivity contribution is -0.384. The number of thioether (sulfide) groups is 1. The molecular formula is C21H12Cl2N2O5S. The Labute approximate surface area is 190 Å². The van der Waals surface area contributed by atoms with Crippen molar-refractivity contribution in [3.05, 3.63) is 91.0 Å². The van der Waals surface area contributed by atoms with Crippen molar-refractivity contribution >= 4 is 57.9 Å². The lowest BCUT2D eigenvalue weighted by Gasteiger charge is -2.12.